The Morgan fingerprint density at radius 1 is 0.970 bits per heavy atom. The summed E-state index contributed by atoms with van der Waals surface area (Å²) in [5.74, 6) is 1.23. The molecule has 33 heavy (non-hydrogen) atoms. The van der Waals surface area contributed by atoms with Crippen LogP contribution in [0, 0.1) is 0 Å². The van der Waals surface area contributed by atoms with E-state index in [0.29, 0.717) is 18.7 Å². The van der Waals surface area contributed by atoms with Crippen molar-refractivity contribution in [3.63, 3.8) is 0 Å². The number of rotatable bonds is 9. The van der Waals surface area contributed by atoms with E-state index in [1.54, 1.807) is 14.2 Å². The van der Waals surface area contributed by atoms with Crippen molar-refractivity contribution < 1.29 is 14.3 Å². The van der Waals surface area contributed by atoms with Crippen molar-refractivity contribution in [3.05, 3.63) is 95.2 Å². The molecule has 170 valence electrons. The van der Waals surface area contributed by atoms with E-state index in [1.807, 2.05) is 54.7 Å². The molecule has 2 N–H and O–H groups in total. The molecule has 0 spiro atoms. The highest BCUT2D eigenvalue weighted by Crippen LogP contribution is 2.40. The van der Waals surface area contributed by atoms with Crippen LogP contribution in [0.2, 0.25) is 0 Å². The van der Waals surface area contributed by atoms with Gasteiger partial charge in [0, 0.05) is 47.6 Å². The number of carbonyl (C=O) groups is 1. The summed E-state index contributed by atoms with van der Waals surface area (Å²) in [6.45, 7) is 2.65. The number of aromatic amines is 1. The minimum absolute atomic E-state index is 0.0114. The van der Waals surface area contributed by atoms with Crippen molar-refractivity contribution >= 4 is 16.8 Å². The Morgan fingerprint density at radius 2 is 1.79 bits per heavy atom. The van der Waals surface area contributed by atoms with Crippen LogP contribution in [0.4, 0.5) is 0 Å². The van der Waals surface area contributed by atoms with E-state index in [-0.39, 0.29) is 11.8 Å². The minimum Gasteiger partial charge on any atom is -0.497 e. The molecule has 1 amide bonds. The van der Waals surface area contributed by atoms with Gasteiger partial charge in [0.2, 0.25) is 5.91 Å². The molecule has 0 bridgehead atoms. The van der Waals surface area contributed by atoms with Gasteiger partial charge in [-0.2, -0.15) is 0 Å². The number of ether oxygens (including phenoxy) is 2. The van der Waals surface area contributed by atoms with E-state index in [4.69, 9.17) is 9.47 Å². The van der Waals surface area contributed by atoms with Gasteiger partial charge in [-0.25, -0.2) is 0 Å². The molecule has 4 rings (SSSR count). The van der Waals surface area contributed by atoms with Crippen LogP contribution in [-0.2, 0) is 17.8 Å². The second kappa shape index (κ2) is 10.3. The number of para-hydroxylation sites is 1. The Hall–Kier alpha value is -3.73. The molecule has 5 nitrogen and oxygen atoms in total. The van der Waals surface area contributed by atoms with E-state index in [9.17, 15) is 4.79 Å². The zero-order chi connectivity index (χ0) is 23.2. The average Bonchev–Trinajstić information content (AvgIpc) is 3.30. The first kappa shape index (κ1) is 22.5. The van der Waals surface area contributed by atoms with Crippen LogP contribution in [0.3, 0.4) is 0 Å². The Kier molecular flexibility index (Phi) is 6.98. The first-order valence-electron chi connectivity index (χ1n) is 11.3. The van der Waals surface area contributed by atoms with Crippen LogP contribution >= 0.6 is 0 Å². The van der Waals surface area contributed by atoms with Crippen molar-refractivity contribution in [2.75, 3.05) is 14.2 Å². The van der Waals surface area contributed by atoms with Crippen LogP contribution in [0.15, 0.2) is 72.9 Å². The third-order valence-corrected chi connectivity index (χ3v) is 6.13. The zero-order valence-electron chi connectivity index (χ0n) is 19.4. The van der Waals surface area contributed by atoms with Gasteiger partial charge in [0.25, 0.3) is 0 Å². The normalized spacial score (nSPS) is 11.8. The first-order chi connectivity index (χ1) is 16.1. The number of benzene rings is 3. The first-order valence-corrected chi connectivity index (χ1v) is 11.3. The lowest BCUT2D eigenvalue weighted by Crippen LogP contribution is -2.25. The van der Waals surface area contributed by atoms with Gasteiger partial charge >= 0.3 is 0 Å². The molecule has 0 aliphatic rings. The van der Waals surface area contributed by atoms with Crippen molar-refractivity contribution in [3.8, 4) is 11.5 Å². The number of nitrogens with one attached hydrogen (secondary N) is 2. The Balaban J connectivity index is 1.71. The molecule has 0 unspecified atom stereocenters. The van der Waals surface area contributed by atoms with E-state index in [0.717, 1.165) is 39.8 Å². The molecule has 0 aliphatic carbocycles. The lowest BCUT2D eigenvalue weighted by atomic mass is 9.87. The van der Waals surface area contributed by atoms with Gasteiger partial charge in [-0.15, -0.1) is 0 Å². The van der Waals surface area contributed by atoms with Crippen LogP contribution < -0.4 is 14.8 Å². The fourth-order valence-electron chi connectivity index (χ4n) is 4.37. The van der Waals surface area contributed by atoms with Gasteiger partial charge in [-0.3, -0.25) is 4.79 Å². The smallest absolute Gasteiger partial charge is 0.221 e. The summed E-state index contributed by atoms with van der Waals surface area (Å²) in [5, 5.41) is 4.21. The summed E-state index contributed by atoms with van der Waals surface area (Å²) >= 11 is 0. The number of fused-ring (bicyclic) bond motifs is 1. The molecule has 0 radical (unpaired) electrons. The molecule has 4 aromatic rings. The maximum atomic E-state index is 13.1. The molecule has 0 aliphatic heterocycles. The van der Waals surface area contributed by atoms with Gasteiger partial charge in [0.15, 0.2) is 0 Å². The van der Waals surface area contributed by atoms with Crippen molar-refractivity contribution in [1.29, 1.82) is 0 Å². The maximum Gasteiger partial charge on any atom is 0.221 e. The molecule has 1 aromatic heterocycles. The summed E-state index contributed by atoms with van der Waals surface area (Å²) in [6, 6.07) is 22.1. The third kappa shape index (κ3) is 4.87. The Morgan fingerprint density at radius 3 is 2.52 bits per heavy atom. The van der Waals surface area contributed by atoms with E-state index in [2.05, 4.69) is 35.4 Å². The van der Waals surface area contributed by atoms with E-state index >= 15 is 0 Å². The summed E-state index contributed by atoms with van der Waals surface area (Å²) in [7, 11) is 3.28. The highest BCUT2D eigenvalue weighted by atomic mass is 16.5. The molecule has 3 aromatic carbocycles. The molecular weight excluding hydrogens is 412 g/mol. The van der Waals surface area contributed by atoms with Crippen molar-refractivity contribution in [2.45, 2.75) is 32.2 Å². The van der Waals surface area contributed by atoms with Crippen LogP contribution in [0.5, 0.6) is 11.5 Å². The quantitative estimate of drug-likeness (QED) is 0.355. The number of hydrogen-bond acceptors (Lipinski definition) is 3. The van der Waals surface area contributed by atoms with Gasteiger partial charge in [0.1, 0.15) is 11.5 Å². The molecule has 0 saturated carbocycles. The molecule has 1 heterocycles. The topological polar surface area (TPSA) is 63.4 Å². The van der Waals surface area contributed by atoms with Gasteiger partial charge in [-0.1, -0.05) is 61.5 Å². The van der Waals surface area contributed by atoms with Gasteiger partial charge < -0.3 is 19.8 Å². The number of aromatic nitrogens is 1. The number of hydrogen-bond donors (Lipinski definition) is 2. The second-order valence-electron chi connectivity index (χ2n) is 8.06. The molecule has 0 fully saturated rings. The fourth-order valence-corrected chi connectivity index (χ4v) is 4.37. The third-order valence-electron chi connectivity index (χ3n) is 6.13. The summed E-state index contributed by atoms with van der Waals surface area (Å²) in [6.07, 6.45) is 3.27. The van der Waals surface area contributed by atoms with E-state index < -0.39 is 0 Å². The van der Waals surface area contributed by atoms with Crippen LogP contribution in [0.25, 0.3) is 10.9 Å². The second-order valence-corrected chi connectivity index (χ2v) is 8.06. The largest absolute Gasteiger partial charge is 0.497 e. The van der Waals surface area contributed by atoms with Gasteiger partial charge in [0.05, 0.1) is 14.2 Å². The summed E-state index contributed by atoms with van der Waals surface area (Å²) < 4.78 is 11.1. The van der Waals surface area contributed by atoms with Crippen LogP contribution in [-0.4, -0.2) is 25.1 Å². The standard InChI is InChI=1S/C28H30N2O3/c1-4-20-11-8-12-23-25(18-30-28(20)23)24(22-14-13-21(32-2)15-26(22)33-3)16-27(31)29-17-19-9-6-5-7-10-19/h5-15,18,24,30H,4,16-17H2,1-3H3,(H,29,31)/t24-/m0/s1. The molecular formula is C28H30N2O3. The van der Waals surface area contributed by atoms with Gasteiger partial charge in [-0.05, 0) is 29.2 Å². The monoisotopic (exact) mass is 442 g/mol. The maximum absolute atomic E-state index is 13.1. The molecule has 5 heteroatoms. The molecule has 1 atom stereocenters. The summed E-state index contributed by atoms with van der Waals surface area (Å²) in [4.78, 5) is 16.5. The Bertz CT molecular complexity index is 1230. The number of H-pyrrole nitrogens is 1. The lowest BCUT2D eigenvalue weighted by Gasteiger charge is -2.20. The predicted octanol–water partition coefficient (Wildman–Crippen LogP) is 5.59. The predicted molar refractivity (Wildman–Crippen MR) is 132 cm³/mol. The highest BCUT2D eigenvalue weighted by molar-refractivity contribution is 5.88. The van der Waals surface area contributed by atoms with Crippen molar-refractivity contribution in [2.24, 2.45) is 0 Å². The number of methoxy groups -OCH3 is 2. The minimum atomic E-state index is -0.178. The number of amides is 1. The van der Waals surface area contributed by atoms with Crippen LogP contribution in [0.1, 0.15) is 41.5 Å². The van der Waals surface area contributed by atoms with Crippen molar-refractivity contribution in [1.82, 2.24) is 10.3 Å². The fraction of sp³-hybridized carbons (Fsp3) is 0.250. The highest BCUT2D eigenvalue weighted by Gasteiger charge is 2.25. The SMILES string of the molecule is CCc1cccc2c([C@@H](CC(=O)NCc3ccccc3)c3ccc(OC)cc3OC)c[nH]c12. The summed E-state index contributed by atoms with van der Waals surface area (Å²) in [5.41, 5.74) is 5.49. The number of aryl methyl sites for hydroxylation is 1. The number of carbonyl (C=O) groups excluding carboxylic acids is 1. The Labute approximate surface area is 194 Å². The van der Waals surface area contributed by atoms with E-state index in [1.165, 1.54) is 5.56 Å². The average molecular weight is 443 g/mol. The molecule has 0 saturated heterocycles. The zero-order valence-corrected chi connectivity index (χ0v) is 19.4. The lowest BCUT2D eigenvalue weighted by molar-refractivity contribution is -0.121.